The summed E-state index contributed by atoms with van der Waals surface area (Å²) >= 11 is 5.05. The summed E-state index contributed by atoms with van der Waals surface area (Å²) in [7, 11) is 0. The molecule has 2 atom stereocenters. The normalized spacial score (nSPS) is 20.0. The molecule has 0 saturated carbocycles. The highest BCUT2D eigenvalue weighted by Gasteiger charge is 2.27. The highest BCUT2D eigenvalue weighted by Crippen LogP contribution is 2.10. The number of nitrogens with two attached hydrogens (primary N) is 1. The SMILES string of the molecule is CCCCCNC(=O)C(C)N1CCN(C(C)C(N)=S)CC1. The first-order chi connectivity index (χ1) is 9.97. The van der Waals surface area contributed by atoms with E-state index >= 15 is 0 Å². The van der Waals surface area contributed by atoms with Gasteiger partial charge < -0.3 is 11.1 Å². The molecule has 6 heteroatoms. The lowest BCUT2D eigenvalue weighted by atomic mass is 10.1. The summed E-state index contributed by atoms with van der Waals surface area (Å²) in [4.78, 5) is 17.2. The van der Waals surface area contributed by atoms with E-state index in [-0.39, 0.29) is 18.0 Å². The van der Waals surface area contributed by atoms with Crippen molar-refractivity contribution in [1.82, 2.24) is 15.1 Å². The zero-order valence-corrected chi connectivity index (χ0v) is 14.4. The van der Waals surface area contributed by atoms with Gasteiger partial charge in [0.1, 0.15) is 0 Å². The van der Waals surface area contributed by atoms with Gasteiger partial charge in [-0.3, -0.25) is 14.6 Å². The number of hydrogen-bond acceptors (Lipinski definition) is 4. The van der Waals surface area contributed by atoms with Gasteiger partial charge in [0.2, 0.25) is 5.91 Å². The van der Waals surface area contributed by atoms with Crippen molar-refractivity contribution in [2.45, 2.75) is 52.1 Å². The van der Waals surface area contributed by atoms with Crippen molar-refractivity contribution in [1.29, 1.82) is 0 Å². The average Bonchev–Trinajstić information content (AvgIpc) is 2.50. The molecule has 1 fully saturated rings. The fourth-order valence-electron chi connectivity index (χ4n) is 2.59. The van der Waals surface area contributed by atoms with Gasteiger partial charge >= 0.3 is 0 Å². The number of unbranched alkanes of at least 4 members (excludes halogenated alkanes) is 2. The van der Waals surface area contributed by atoms with Gasteiger partial charge in [0.05, 0.1) is 17.1 Å². The predicted molar refractivity (Wildman–Crippen MR) is 91.4 cm³/mol. The summed E-state index contributed by atoms with van der Waals surface area (Å²) in [6, 6.07) is 0.0780. The van der Waals surface area contributed by atoms with Crippen LogP contribution < -0.4 is 11.1 Å². The van der Waals surface area contributed by atoms with Gasteiger partial charge in [-0.15, -0.1) is 0 Å². The number of carbonyl (C=O) groups excluding carboxylic acids is 1. The number of piperazine rings is 1. The largest absolute Gasteiger partial charge is 0.392 e. The number of nitrogens with one attached hydrogen (secondary N) is 1. The van der Waals surface area contributed by atoms with Crippen LogP contribution in [0.3, 0.4) is 0 Å². The Bertz CT molecular complexity index is 343. The van der Waals surface area contributed by atoms with Gasteiger partial charge in [-0.2, -0.15) is 0 Å². The topological polar surface area (TPSA) is 61.6 Å². The average molecular weight is 314 g/mol. The van der Waals surface area contributed by atoms with Gasteiger partial charge in [-0.25, -0.2) is 0 Å². The third-order valence-electron chi connectivity index (χ3n) is 4.32. The van der Waals surface area contributed by atoms with Crippen LogP contribution in [0.2, 0.25) is 0 Å². The van der Waals surface area contributed by atoms with Crippen molar-refractivity contribution in [2.75, 3.05) is 32.7 Å². The Morgan fingerprint density at radius 3 is 2.14 bits per heavy atom. The molecular formula is C15H30N4OS. The number of amides is 1. The monoisotopic (exact) mass is 314 g/mol. The summed E-state index contributed by atoms with van der Waals surface area (Å²) in [6.07, 6.45) is 3.41. The van der Waals surface area contributed by atoms with E-state index in [4.69, 9.17) is 18.0 Å². The summed E-state index contributed by atoms with van der Waals surface area (Å²) in [5, 5.41) is 3.03. The Labute approximate surface area is 134 Å². The predicted octanol–water partition coefficient (Wildman–Crippen LogP) is 0.974. The molecule has 0 aliphatic carbocycles. The fourth-order valence-corrected chi connectivity index (χ4v) is 2.74. The second-order valence-electron chi connectivity index (χ2n) is 5.82. The van der Waals surface area contributed by atoms with E-state index in [1.807, 2.05) is 13.8 Å². The smallest absolute Gasteiger partial charge is 0.237 e. The van der Waals surface area contributed by atoms with E-state index in [0.717, 1.165) is 39.1 Å². The minimum atomic E-state index is -0.0612. The van der Waals surface area contributed by atoms with Crippen molar-refractivity contribution in [2.24, 2.45) is 5.73 Å². The van der Waals surface area contributed by atoms with Crippen molar-refractivity contribution in [3.8, 4) is 0 Å². The maximum Gasteiger partial charge on any atom is 0.237 e. The molecule has 2 unspecified atom stereocenters. The number of rotatable bonds is 8. The molecule has 122 valence electrons. The molecule has 0 aromatic carbocycles. The standard InChI is InChI=1S/C15H30N4OS/c1-4-5-6-7-17-15(20)13(3)19-10-8-18(9-11-19)12(2)14(16)21/h12-13H,4-11H2,1-3H3,(H2,16,21)(H,17,20). The molecule has 0 radical (unpaired) electrons. The Morgan fingerprint density at radius 1 is 1.14 bits per heavy atom. The minimum Gasteiger partial charge on any atom is -0.392 e. The van der Waals surface area contributed by atoms with Crippen LogP contribution in [-0.4, -0.2) is 65.5 Å². The molecule has 5 nitrogen and oxygen atoms in total. The molecule has 1 rings (SSSR count). The van der Waals surface area contributed by atoms with E-state index in [1.54, 1.807) is 0 Å². The highest BCUT2D eigenvalue weighted by atomic mass is 32.1. The fraction of sp³-hybridized carbons (Fsp3) is 0.867. The summed E-state index contributed by atoms with van der Waals surface area (Å²) in [5.74, 6) is 0.141. The summed E-state index contributed by atoms with van der Waals surface area (Å²) in [5.41, 5.74) is 5.70. The maximum atomic E-state index is 12.1. The lowest BCUT2D eigenvalue weighted by Gasteiger charge is -2.39. The molecule has 3 N–H and O–H groups in total. The second-order valence-corrected chi connectivity index (χ2v) is 6.30. The summed E-state index contributed by atoms with van der Waals surface area (Å²) in [6.45, 7) is 10.6. The Balaban J connectivity index is 2.32. The van der Waals surface area contributed by atoms with Crippen LogP contribution in [0, 0.1) is 0 Å². The molecule has 21 heavy (non-hydrogen) atoms. The molecule has 0 spiro atoms. The minimum absolute atomic E-state index is 0.0612. The Hall–Kier alpha value is -0.720. The molecule has 0 aromatic heterocycles. The zero-order valence-electron chi connectivity index (χ0n) is 13.6. The first-order valence-corrected chi connectivity index (χ1v) is 8.43. The lowest BCUT2D eigenvalue weighted by molar-refractivity contribution is -0.126. The van der Waals surface area contributed by atoms with E-state index < -0.39 is 0 Å². The second kappa shape index (κ2) is 9.33. The van der Waals surface area contributed by atoms with Crippen molar-refractivity contribution in [3.05, 3.63) is 0 Å². The summed E-state index contributed by atoms with van der Waals surface area (Å²) < 4.78 is 0. The number of nitrogens with zero attached hydrogens (tertiary/aromatic N) is 2. The highest BCUT2D eigenvalue weighted by molar-refractivity contribution is 7.80. The van der Waals surface area contributed by atoms with Gasteiger partial charge in [0, 0.05) is 32.7 Å². The molecular weight excluding hydrogens is 284 g/mol. The zero-order chi connectivity index (χ0) is 15.8. The number of hydrogen-bond donors (Lipinski definition) is 2. The van der Waals surface area contributed by atoms with Crippen LogP contribution in [0.4, 0.5) is 0 Å². The molecule has 1 amide bonds. The third-order valence-corrected chi connectivity index (χ3v) is 4.66. The van der Waals surface area contributed by atoms with Crippen molar-refractivity contribution < 1.29 is 4.79 Å². The van der Waals surface area contributed by atoms with Crippen molar-refractivity contribution in [3.63, 3.8) is 0 Å². The molecule has 1 saturated heterocycles. The molecule has 1 aliphatic rings. The van der Waals surface area contributed by atoms with Crippen LogP contribution >= 0.6 is 12.2 Å². The van der Waals surface area contributed by atoms with Crippen LogP contribution in [0.1, 0.15) is 40.0 Å². The Morgan fingerprint density at radius 2 is 1.67 bits per heavy atom. The van der Waals surface area contributed by atoms with Gasteiger partial charge in [0.15, 0.2) is 0 Å². The van der Waals surface area contributed by atoms with Gasteiger partial charge in [0.25, 0.3) is 0 Å². The van der Waals surface area contributed by atoms with Crippen LogP contribution in [0.15, 0.2) is 0 Å². The molecule has 1 heterocycles. The molecule has 1 aliphatic heterocycles. The van der Waals surface area contributed by atoms with Gasteiger partial charge in [-0.05, 0) is 20.3 Å². The third kappa shape index (κ3) is 5.88. The first kappa shape index (κ1) is 18.3. The van der Waals surface area contributed by atoms with E-state index in [2.05, 4.69) is 22.0 Å². The molecule has 0 bridgehead atoms. The van der Waals surface area contributed by atoms with E-state index in [0.29, 0.717) is 4.99 Å². The number of thiocarbonyl (C=S) groups is 1. The molecule has 0 aromatic rings. The van der Waals surface area contributed by atoms with Crippen LogP contribution in [0.25, 0.3) is 0 Å². The first-order valence-electron chi connectivity index (χ1n) is 8.02. The van der Waals surface area contributed by atoms with E-state index in [1.165, 1.54) is 12.8 Å². The van der Waals surface area contributed by atoms with Crippen LogP contribution in [-0.2, 0) is 4.79 Å². The quantitative estimate of drug-likeness (QED) is 0.516. The lowest BCUT2D eigenvalue weighted by Crippen LogP contribution is -2.57. The van der Waals surface area contributed by atoms with E-state index in [9.17, 15) is 4.79 Å². The number of carbonyl (C=O) groups is 1. The van der Waals surface area contributed by atoms with Crippen molar-refractivity contribution >= 4 is 23.1 Å². The maximum absolute atomic E-state index is 12.1. The van der Waals surface area contributed by atoms with Crippen LogP contribution in [0.5, 0.6) is 0 Å². The van der Waals surface area contributed by atoms with Gasteiger partial charge in [-0.1, -0.05) is 32.0 Å². The Kier molecular flexibility index (Phi) is 8.14.